The van der Waals surface area contributed by atoms with Gasteiger partial charge in [0.15, 0.2) is 0 Å². The maximum atomic E-state index is 12.5. The number of hydrogen-bond donors (Lipinski definition) is 1. The fourth-order valence-corrected chi connectivity index (χ4v) is 3.77. The zero-order valence-corrected chi connectivity index (χ0v) is 12.4. The highest BCUT2D eigenvalue weighted by molar-refractivity contribution is 7.99. The molecule has 2 rings (SSSR count). The molecule has 0 bridgehead atoms. The predicted octanol–water partition coefficient (Wildman–Crippen LogP) is 0.345. The number of ether oxygens (including phenoxy) is 2. The summed E-state index contributed by atoms with van der Waals surface area (Å²) in [5, 5.41) is 3.34. The van der Waals surface area contributed by atoms with E-state index in [1.54, 1.807) is 7.11 Å². The number of thioether (sulfide) groups is 1. The summed E-state index contributed by atoms with van der Waals surface area (Å²) in [5.41, 5.74) is 0. The molecule has 2 aliphatic heterocycles. The van der Waals surface area contributed by atoms with Crippen LogP contribution in [0.2, 0.25) is 0 Å². The molecule has 19 heavy (non-hydrogen) atoms. The van der Waals surface area contributed by atoms with Crippen LogP contribution in [0.25, 0.3) is 0 Å². The Morgan fingerprint density at radius 3 is 3.11 bits per heavy atom. The molecule has 1 N–H and O–H groups in total. The molecule has 0 spiro atoms. The van der Waals surface area contributed by atoms with E-state index in [0.29, 0.717) is 32.2 Å². The van der Waals surface area contributed by atoms with E-state index in [-0.39, 0.29) is 11.9 Å². The third-order valence-electron chi connectivity index (χ3n) is 3.62. The van der Waals surface area contributed by atoms with Crippen LogP contribution in [0.3, 0.4) is 0 Å². The van der Waals surface area contributed by atoms with Gasteiger partial charge in [-0.2, -0.15) is 11.8 Å². The number of nitrogens with one attached hydrogen (secondary N) is 1. The molecule has 5 nitrogen and oxygen atoms in total. The fourth-order valence-electron chi connectivity index (χ4n) is 2.55. The summed E-state index contributed by atoms with van der Waals surface area (Å²) in [5.74, 6) is 2.45. The molecule has 6 heteroatoms. The summed E-state index contributed by atoms with van der Waals surface area (Å²) >= 11 is 1.93. The van der Waals surface area contributed by atoms with Crippen LogP contribution in [0.1, 0.15) is 12.8 Å². The number of morpholine rings is 1. The van der Waals surface area contributed by atoms with Crippen molar-refractivity contribution >= 4 is 17.7 Å². The molecular weight excluding hydrogens is 264 g/mol. The Balaban J connectivity index is 1.86. The van der Waals surface area contributed by atoms with Crippen molar-refractivity contribution in [2.24, 2.45) is 0 Å². The molecule has 2 unspecified atom stereocenters. The number of amides is 1. The molecule has 2 heterocycles. The Labute approximate surface area is 119 Å². The molecule has 2 atom stereocenters. The Morgan fingerprint density at radius 2 is 2.47 bits per heavy atom. The lowest BCUT2D eigenvalue weighted by Gasteiger charge is -2.31. The SMILES string of the molecule is COCCN(C(=O)CC1COCCN1)C1CCSC1. The second kappa shape index (κ2) is 8.09. The van der Waals surface area contributed by atoms with Crippen LogP contribution in [0.5, 0.6) is 0 Å². The first-order chi connectivity index (χ1) is 9.31. The first-order valence-corrected chi connectivity index (χ1v) is 8.14. The van der Waals surface area contributed by atoms with Gasteiger partial charge in [-0.25, -0.2) is 0 Å². The largest absolute Gasteiger partial charge is 0.383 e. The van der Waals surface area contributed by atoms with Gasteiger partial charge >= 0.3 is 0 Å². The maximum absolute atomic E-state index is 12.5. The van der Waals surface area contributed by atoms with Gasteiger partial charge in [-0.3, -0.25) is 4.79 Å². The number of methoxy groups -OCH3 is 1. The Morgan fingerprint density at radius 1 is 1.58 bits per heavy atom. The summed E-state index contributed by atoms with van der Waals surface area (Å²) in [7, 11) is 1.68. The highest BCUT2D eigenvalue weighted by Crippen LogP contribution is 2.23. The van der Waals surface area contributed by atoms with Crippen molar-refractivity contribution in [3.63, 3.8) is 0 Å². The minimum atomic E-state index is 0.167. The Kier molecular flexibility index (Phi) is 6.43. The van der Waals surface area contributed by atoms with Gasteiger partial charge < -0.3 is 19.7 Å². The van der Waals surface area contributed by atoms with Crippen molar-refractivity contribution < 1.29 is 14.3 Å². The van der Waals surface area contributed by atoms with Crippen molar-refractivity contribution in [3.8, 4) is 0 Å². The topological polar surface area (TPSA) is 50.8 Å². The van der Waals surface area contributed by atoms with Gasteiger partial charge in [-0.1, -0.05) is 0 Å². The Hall–Kier alpha value is -0.300. The lowest BCUT2D eigenvalue weighted by Crippen LogP contribution is -2.48. The molecule has 0 aromatic rings. The first-order valence-electron chi connectivity index (χ1n) is 6.98. The molecule has 0 aromatic heterocycles. The Bertz CT molecular complexity index is 279. The maximum Gasteiger partial charge on any atom is 0.224 e. The summed E-state index contributed by atoms with van der Waals surface area (Å²) in [4.78, 5) is 14.5. The second-order valence-electron chi connectivity index (χ2n) is 5.03. The zero-order chi connectivity index (χ0) is 13.5. The van der Waals surface area contributed by atoms with E-state index >= 15 is 0 Å². The van der Waals surface area contributed by atoms with Gasteiger partial charge in [0.25, 0.3) is 0 Å². The molecule has 0 aromatic carbocycles. The molecule has 2 fully saturated rings. The van der Waals surface area contributed by atoms with Crippen molar-refractivity contribution in [1.29, 1.82) is 0 Å². The van der Waals surface area contributed by atoms with E-state index in [4.69, 9.17) is 9.47 Å². The van der Waals surface area contributed by atoms with Gasteiger partial charge in [-0.15, -0.1) is 0 Å². The lowest BCUT2D eigenvalue weighted by molar-refractivity contribution is -0.135. The molecular formula is C13H24N2O3S. The normalized spacial score (nSPS) is 27.4. The summed E-state index contributed by atoms with van der Waals surface area (Å²) in [6.45, 7) is 3.55. The highest BCUT2D eigenvalue weighted by Gasteiger charge is 2.28. The molecule has 0 radical (unpaired) electrons. The van der Waals surface area contributed by atoms with Crippen LogP contribution in [0, 0.1) is 0 Å². The molecule has 1 amide bonds. The van der Waals surface area contributed by atoms with E-state index in [1.165, 1.54) is 0 Å². The van der Waals surface area contributed by atoms with E-state index in [2.05, 4.69) is 5.32 Å². The monoisotopic (exact) mass is 288 g/mol. The molecule has 2 saturated heterocycles. The number of carbonyl (C=O) groups is 1. The minimum absolute atomic E-state index is 0.167. The summed E-state index contributed by atoms with van der Waals surface area (Å²) < 4.78 is 10.5. The number of hydrogen-bond acceptors (Lipinski definition) is 5. The van der Waals surface area contributed by atoms with Gasteiger partial charge in [-0.05, 0) is 12.2 Å². The number of nitrogens with zero attached hydrogens (tertiary/aromatic N) is 1. The van der Waals surface area contributed by atoms with Gasteiger partial charge in [0, 0.05) is 44.5 Å². The molecule has 110 valence electrons. The standard InChI is InChI=1S/C13H24N2O3S/c1-17-6-4-15(12-2-7-19-10-12)13(16)8-11-9-18-5-3-14-11/h11-12,14H,2-10H2,1H3. The fraction of sp³-hybridized carbons (Fsp3) is 0.923. The quantitative estimate of drug-likeness (QED) is 0.764. The number of carbonyl (C=O) groups excluding carboxylic acids is 1. The van der Waals surface area contributed by atoms with Crippen LogP contribution >= 0.6 is 11.8 Å². The van der Waals surface area contributed by atoms with E-state index in [9.17, 15) is 4.79 Å². The lowest BCUT2D eigenvalue weighted by atomic mass is 10.1. The highest BCUT2D eigenvalue weighted by atomic mass is 32.2. The van der Waals surface area contributed by atoms with Crippen molar-refractivity contribution in [2.75, 3.05) is 51.5 Å². The third kappa shape index (κ3) is 4.63. The summed E-state index contributed by atoms with van der Waals surface area (Å²) in [6.07, 6.45) is 1.64. The van der Waals surface area contributed by atoms with Crippen molar-refractivity contribution in [2.45, 2.75) is 24.9 Å². The van der Waals surface area contributed by atoms with E-state index < -0.39 is 0 Å². The van der Waals surface area contributed by atoms with Crippen LogP contribution in [0.4, 0.5) is 0 Å². The summed E-state index contributed by atoms with van der Waals surface area (Å²) in [6, 6.07) is 0.553. The van der Waals surface area contributed by atoms with Crippen molar-refractivity contribution in [3.05, 3.63) is 0 Å². The van der Waals surface area contributed by atoms with Crippen LogP contribution in [-0.2, 0) is 14.3 Å². The van der Waals surface area contributed by atoms with Crippen LogP contribution in [0.15, 0.2) is 0 Å². The van der Waals surface area contributed by atoms with Gasteiger partial charge in [0.1, 0.15) is 0 Å². The molecule has 0 saturated carbocycles. The smallest absolute Gasteiger partial charge is 0.224 e. The third-order valence-corrected chi connectivity index (χ3v) is 4.77. The zero-order valence-electron chi connectivity index (χ0n) is 11.6. The average Bonchev–Trinajstić information content (AvgIpc) is 2.94. The minimum Gasteiger partial charge on any atom is -0.383 e. The molecule has 0 aliphatic carbocycles. The predicted molar refractivity (Wildman–Crippen MR) is 76.5 cm³/mol. The van der Waals surface area contributed by atoms with E-state index in [1.807, 2.05) is 16.7 Å². The van der Waals surface area contributed by atoms with Crippen LogP contribution < -0.4 is 5.32 Å². The second-order valence-corrected chi connectivity index (χ2v) is 6.18. The average molecular weight is 288 g/mol. The van der Waals surface area contributed by atoms with Gasteiger partial charge in [0.05, 0.1) is 19.8 Å². The van der Waals surface area contributed by atoms with Gasteiger partial charge in [0.2, 0.25) is 5.91 Å². The molecule has 2 aliphatic rings. The van der Waals surface area contributed by atoms with Crippen molar-refractivity contribution in [1.82, 2.24) is 10.2 Å². The first kappa shape index (κ1) is 15.1. The number of rotatable bonds is 6. The van der Waals surface area contributed by atoms with Crippen LogP contribution in [-0.4, -0.2) is 74.4 Å². The van der Waals surface area contributed by atoms with E-state index in [0.717, 1.165) is 31.1 Å².